The molecule has 0 aromatic heterocycles. The smallest absolute Gasteiger partial charge is 0.337 e. The minimum absolute atomic E-state index is 0.106. The summed E-state index contributed by atoms with van der Waals surface area (Å²) in [4.78, 5) is 25.7. The Hall–Kier alpha value is -3.02. The third kappa shape index (κ3) is 4.53. The average Bonchev–Trinajstić information content (AvgIpc) is 3.21. The van der Waals surface area contributed by atoms with Crippen LogP contribution in [-0.4, -0.2) is 38.7 Å². The molecule has 0 radical (unpaired) electrons. The lowest BCUT2D eigenvalue weighted by molar-refractivity contribution is -0.118. The van der Waals surface area contributed by atoms with Gasteiger partial charge in [0.2, 0.25) is 0 Å². The summed E-state index contributed by atoms with van der Waals surface area (Å²) in [6.45, 7) is 2.08. The molecule has 1 amide bonds. The first-order valence-corrected chi connectivity index (χ1v) is 8.62. The van der Waals surface area contributed by atoms with Gasteiger partial charge in [-0.05, 0) is 61.4 Å². The molecule has 136 valence electrons. The van der Waals surface area contributed by atoms with E-state index in [1.807, 2.05) is 24.3 Å². The van der Waals surface area contributed by atoms with Crippen LogP contribution in [0.2, 0.25) is 0 Å². The van der Waals surface area contributed by atoms with Crippen LogP contribution in [-0.2, 0) is 9.53 Å². The Balaban J connectivity index is 1.48. The number of hydrogen-bond donors (Lipinski definition) is 1. The van der Waals surface area contributed by atoms with Crippen molar-refractivity contribution in [3.63, 3.8) is 0 Å². The number of esters is 1. The molecule has 26 heavy (non-hydrogen) atoms. The highest BCUT2D eigenvalue weighted by Gasteiger charge is 2.12. The van der Waals surface area contributed by atoms with Crippen LogP contribution in [0, 0.1) is 0 Å². The molecular weight excluding hydrogens is 332 g/mol. The van der Waals surface area contributed by atoms with Gasteiger partial charge in [-0.3, -0.25) is 4.79 Å². The molecular formula is C20H22N2O4. The molecule has 6 nitrogen and oxygen atoms in total. The first-order chi connectivity index (χ1) is 12.7. The Morgan fingerprint density at radius 1 is 1.00 bits per heavy atom. The van der Waals surface area contributed by atoms with Gasteiger partial charge in [0, 0.05) is 24.5 Å². The number of ether oxygens (including phenoxy) is 2. The summed E-state index contributed by atoms with van der Waals surface area (Å²) in [6, 6.07) is 14.3. The van der Waals surface area contributed by atoms with E-state index in [9.17, 15) is 9.59 Å². The highest BCUT2D eigenvalue weighted by Crippen LogP contribution is 2.22. The molecule has 0 spiro atoms. The van der Waals surface area contributed by atoms with Crippen molar-refractivity contribution in [2.75, 3.05) is 37.0 Å². The quantitative estimate of drug-likeness (QED) is 0.808. The summed E-state index contributed by atoms with van der Waals surface area (Å²) >= 11 is 0. The van der Waals surface area contributed by atoms with Crippen LogP contribution < -0.4 is 15.0 Å². The summed E-state index contributed by atoms with van der Waals surface area (Å²) in [5.74, 6) is -0.139. The number of nitrogens with zero attached hydrogens (tertiary/aromatic N) is 1. The first-order valence-electron chi connectivity index (χ1n) is 8.62. The van der Waals surface area contributed by atoms with Crippen LogP contribution in [0.1, 0.15) is 23.2 Å². The topological polar surface area (TPSA) is 67.9 Å². The predicted molar refractivity (Wildman–Crippen MR) is 99.8 cm³/mol. The number of carbonyl (C=O) groups is 2. The van der Waals surface area contributed by atoms with E-state index < -0.39 is 5.97 Å². The zero-order valence-electron chi connectivity index (χ0n) is 14.7. The Bertz CT molecular complexity index is 750. The van der Waals surface area contributed by atoms with Gasteiger partial charge in [0.25, 0.3) is 5.91 Å². The number of amides is 1. The van der Waals surface area contributed by atoms with Gasteiger partial charge >= 0.3 is 5.97 Å². The van der Waals surface area contributed by atoms with Crippen LogP contribution in [0.4, 0.5) is 11.4 Å². The summed E-state index contributed by atoms with van der Waals surface area (Å²) in [5, 5.41) is 2.81. The van der Waals surface area contributed by atoms with Gasteiger partial charge in [-0.1, -0.05) is 0 Å². The highest BCUT2D eigenvalue weighted by atomic mass is 16.5. The number of benzene rings is 2. The minimum Gasteiger partial charge on any atom is -0.484 e. The van der Waals surface area contributed by atoms with Crippen molar-refractivity contribution in [2.24, 2.45) is 0 Å². The van der Waals surface area contributed by atoms with Crippen LogP contribution in [0.15, 0.2) is 48.5 Å². The number of anilines is 2. The third-order valence-corrected chi connectivity index (χ3v) is 4.27. The Morgan fingerprint density at radius 3 is 2.27 bits per heavy atom. The lowest BCUT2D eigenvalue weighted by atomic mass is 10.2. The van der Waals surface area contributed by atoms with Gasteiger partial charge in [-0.2, -0.15) is 0 Å². The molecule has 1 fully saturated rings. The number of methoxy groups -OCH3 is 1. The van der Waals surface area contributed by atoms with E-state index in [1.165, 1.54) is 25.6 Å². The molecule has 1 aliphatic rings. The second-order valence-corrected chi connectivity index (χ2v) is 6.09. The number of carbonyl (C=O) groups excluding carboxylic acids is 2. The van der Waals surface area contributed by atoms with E-state index in [0.29, 0.717) is 11.3 Å². The Labute approximate surface area is 152 Å². The minimum atomic E-state index is -0.410. The summed E-state index contributed by atoms with van der Waals surface area (Å²) in [5.41, 5.74) is 2.35. The predicted octanol–water partition coefficient (Wildman–Crippen LogP) is 3.09. The van der Waals surface area contributed by atoms with Gasteiger partial charge in [-0.15, -0.1) is 0 Å². The average molecular weight is 354 g/mol. The van der Waals surface area contributed by atoms with Crippen molar-refractivity contribution >= 4 is 23.3 Å². The van der Waals surface area contributed by atoms with Crippen LogP contribution >= 0.6 is 0 Å². The van der Waals surface area contributed by atoms with E-state index in [1.54, 1.807) is 24.3 Å². The molecule has 2 aromatic rings. The molecule has 0 unspecified atom stereocenters. The van der Waals surface area contributed by atoms with Gasteiger partial charge in [0.05, 0.1) is 12.7 Å². The van der Waals surface area contributed by atoms with E-state index in [4.69, 9.17) is 4.74 Å². The first kappa shape index (κ1) is 17.8. The fraction of sp³-hybridized carbons (Fsp3) is 0.300. The number of rotatable bonds is 6. The SMILES string of the molecule is COC(=O)c1ccc(OCC(=O)Nc2ccc(N3CCCC3)cc2)cc1. The summed E-state index contributed by atoms with van der Waals surface area (Å²) in [7, 11) is 1.33. The van der Waals surface area contributed by atoms with Gasteiger partial charge in [0.15, 0.2) is 6.61 Å². The van der Waals surface area contributed by atoms with E-state index in [-0.39, 0.29) is 12.5 Å². The van der Waals surface area contributed by atoms with E-state index in [0.717, 1.165) is 18.8 Å². The van der Waals surface area contributed by atoms with Crippen molar-refractivity contribution in [1.82, 2.24) is 0 Å². The second-order valence-electron chi connectivity index (χ2n) is 6.09. The summed E-state index contributed by atoms with van der Waals surface area (Å²) < 4.78 is 10.1. The zero-order chi connectivity index (χ0) is 18.4. The Kier molecular flexibility index (Phi) is 5.73. The van der Waals surface area contributed by atoms with Crippen molar-refractivity contribution in [3.05, 3.63) is 54.1 Å². The molecule has 2 aromatic carbocycles. The van der Waals surface area contributed by atoms with Crippen LogP contribution in [0.5, 0.6) is 5.75 Å². The molecule has 1 N–H and O–H groups in total. The molecule has 1 heterocycles. The van der Waals surface area contributed by atoms with Crippen LogP contribution in [0.25, 0.3) is 0 Å². The highest BCUT2D eigenvalue weighted by molar-refractivity contribution is 5.92. The molecule has 1 aliphatic heterocycles. The lowest BCUT2D eigenvalue weighted by Gasteiger charge is -2.17. The largest absolute Gasteiger partial charge is 0.484 e. The van der Waals surface area contributed by atoms with Gasteiger partial charge < -0.3 is 19.7 Å². The van der Waals surface area contributed by atoms with Crippen molar-refractivity contribution < 1.29 is 19.1 Å². The number of nitrogens with one attached hydrogen (secondary N) is 1. The third-order valence-electron chi connectivity index (χ3n) is 4.27. The molecule has 6 heteroatoms. The summed E-state index contributed by atoms with van der Waals surface area (Å²) in [6.07, 6.45) is 2.47. The monoisotopic (exact) mass is 354 g/mol. The molecule has 3 rings (SSSR count). The molecule has 0 bridgehead atoms. The van der Waals surface area contributed by atoms with E-state index in [2.05, 4.69) is 15.0 Å². The molecule has 0 aliphatic carbocycles. The molecule has 1 saturated heterocycles. The molecule has 0 atom stereocenters. The fourth-order valence-corrected chi connectivity index (χ4v) is 2.88. The Morgan fingerprint density at radius 2 is 1.65 bits per heavy atom. The maximum atomic E-state index is 12.0. The maximum absolute atomic E-state index is 12.0. The fourth-order valence-electron chi connectivity index (χ4n) is 2.88. The number of hydrogen-bond acceptors (Lipinski definition) is 5. The van der Waals surface area contributed by atoms with Crippen molar-refractivity contribution in [2.45, 2.75) is 12.8 Å². The second kappa shape index (κ2) is 8.38. The maximum Gasteiger partial charge on any atom is 0.337 e. The van der Waals surface area contributed by atoms with Gasteiger partial charge in [-0.25, -0.2) is 4.79 Å². The standard InChI is InChI=1S/C20H22N2O4/c1-25-20(24)15-4-10-18(11-5-15)26-14-19(23)21-16-6-8-17(9-7-16)22-12-2-3-13-22/h4-11H,2-3,12-14H2,1H3,(H,21,23). The zero-order valence-corrected chi connectivity index (χ0v) is 14.7. The van der Waals surface area contributed by atoms with Crippen LogP contribution in [0.3, 0.4) is 0 Å². The van der Waals surface area contributed by atoms with Gasteiger partial charge in [0.1, 0.15) is 5.75 Å². The van der Waals surface area contributed by atoms with Crippen molar-refractivity contribution in [3.8, 4) is 5.75 Å². The lowest BCUT2D eigenvalue weighted by Crippen LogP contribution is -2.20. The molecule has 0 saturated carbocycles. The van der Waals surface area contributed by atoms with Crippen molar-refractivity contribution in [1.29, 1.82) is 0 Å². The van der Waals surface area contributed by atoms with E-state index >= 15 is 0 Å². The normalized spacial score (nSPS) is 13.3.